The van der Waals surface area contributed by atoms with Crippen LogP contribution in [0, 0.1) is 20.2 Å². The summed E-state index contributed by atoms with van der Waals surface area (Å²) in [5.74, 6) is 0. The highest BCUT2D eigenvalue weighted by Crippen LogP contribution is 2.41. The lowest BCUT2D eigenvalue weighted by molar-refractivity contribution is -0.392. The van der Waals surface area contributed by atoms with Gasteiger partial charge >= 0.3 is 0 Å². The minimum absolute atomic E-state index is 0.0520. The van der Waals surface area contributed by atoms with E-state index in [0.717, 1.165) is 31.4 Å². The van der Waals surface area contributed by atoms with Crippen molar-refractivity contribution in [3.63, 3.8) is 0 Å². The van der Waals surface area contributed by atoms with Crippen LogP contribution in [-0.2, 0) is 0 Å². The van der Waals surface area contributed by atoms with E-state index in [1.165, 1.54) is 0 Å². The first-order chi connectivity index (χ1) is 10.3. The Labute approximate surface area is 131 Å². The number of nitrogens with zero attached hydrogens (tertiary/aromatic N) is 3. The van der Waals surface area contributed by atoms with Crippen LogP contribution in [0.5, 0.6) is 0 Å². The summed E-state index contributed by atoms with van der Waals surface area (Å²) in [4.78, 5) is 34.1. The molecule has 0 unspecified atom stereocenters. The van der Waals surface area contributed by atoms with Crippen molar-refractivity contribution in [1.29, 1.82) is 0 Å². The molecule has 8 nitrogen and oxygen atoms in total. The van der Waals surface area contributed by atoms with E-state index in [4.69, 9.17) is 11.6 Å². The van der Waals surface area contributed by atoms with Crippen molar-refractivity contribution in [2.75, 3.05) is 11.4 Å². The monoisotopic (exact) mass is 327 g/mol. The summed E-state index contributed by atoms with van der Waals surface area (Å²) in [6.45, 7) is 2.37. The molecule has 0 aromatic heterocycles. The largest absolute Gasteiger partial charge is 0.358 e. The second-order valence-electron chi connectivity index (χ2n) is 5.19. The van der Waals surface area contributed by atoms with Crippen molar-refractivity contribution in [2.45, 2.75) is 32.2 Å². The summed E-state index contributed by atoms with van der Waals surface area (Å²) in [5, 5.41) is 21.7. The lowest BCUT2D eigenvalue weighted by Crippen LogP contribution is -2.38. The summed E-state index contributed by atoms with van der Waals surface area (Å²) in [6, 6.07) is 1.95. The summed E-state index contributed by atoms with van der Waals surface area (Å²) in [5.41, 5.74) is -1.24. The molecule has 1 aliphatic rings. The minimum Gasteiger partial charge on any atom is -0.358 e. The van der Waals surface area contributed by atoms with Gasteiger partial charge < -0.3 is 4.90 Å². The van der Waals surface area contributed by atoms with Gasteiger partial charge in [-0.2, -0.15) is 0 Å². The Morgan fingerprint density at radius 1 is 1.23 bits per heavy atom. The molecule has 0 spiro atoms. The zero-order valence-corrected chi connectivity index (χ0v) is 12.6. The second kappa shape index (κ2) is 6.27. The maximum atomic E-state index is 11.3. The highest BCUT2D eigenvalue weighted by atomic mass is 35.5. The van der Waals surface area contributed by atoms with E-state index in [0.29, 0.717) is 6.54 Å². The number of nitro groups is 2. The molecule has 22 heavy (non-hydrogen) atoms. The normalized spacial score (nSPS) is 18.1. The predicted molar refractivity (Wildman–Crippen MR) is 80.6 cm³/mol. The number of nitro benzene ring substituents is 2. The molecule has 1 fully saturated rings. The first kappa shape index (κ1) is 16.2. The Morgan fingerprint density at radius 3 is 2.18 bits per heavy atom. The molecule has 1 saturated heterocycles. The van der Waals surface area contributed by atoms with Gasteiger partial charge in [0.05, 0.1) is 9.85 Å². The van der Waals surface area contributed by atoms with Gasteiger partial charge in [-0.15, -0.1) is 0 Å². The van der Waals surface area contributed by atoms with Crippen molar-refractivity contribution in [3.05, 3.63) is 37.9 Å². The van der Waals surface area contributed by atoms with Crippen molar-refractivity contribution < 1.29 is 14.6 Å². The van der Waals surface area contributed by atoms with Gasteiger partial charge in [0.15, 0.2) is 5.69 Å². The molecule has 9 heteroatoms. The molecular weight excluding hydrogens is 314 g/mol. The number of carbonyl (C=O) groups excluding carboxylic acids is 1. The average Bonchev–Trinajstić information content (AvgIpc) is 2.46. The second-order valence-corrected chi connectivity index (χ2v) is 5.53. The van der Waals surface area contributed by atoms with Gasteiger partial charge in [-0.1, -0.05) is 0 Å². The SMILES string of the molecule is C[C@H]1CCCCN1c1c([N+](=O)[O-])cc(C(=O)Cl)cc1[N+](=O)[O-]. The van der Waals surface area contributed by atoms with Crippen LogP contribution in [-0.4, -0.2) is 27.7 Å². The predicted octanol–water partition coefficient (Wildman–Crippen LogP) is 3.26. The fourth-order valence-electron chi connectivity index (χ4n) is 2.72. The number of hydrogen-bond acceptors (Lipinski definition) is 6. The molecular formula is C13H14ClN3O5. The van der Waals surface area contributed by atoms with Crippen LogP contribution < -0.4 is 4.90 Å². The van der Waals surface area contributed by atoms with Crippen LogP contribution >= 0.6 is 11.6 Å². The third-order valence-corrected chi connectivity index (χ3v) is 4.00. The van der Waals surface area contributed by atoms with E-state index in [-0.39, 0.29) is 17.3 Å². The van der Waals surface area contributed by atoms with Crippen molar-refractivity contribution >= 4 is 33.9 Å². The number of rotatable bonds is 4. The fraction of sp³-hybridized carbons (Fsp3) is 0.462. The number of halogens is 1. The van der Waals surface area contributed by atoms with Crippen molar-refractivity contribution in [2.24, 2.45) is 0 Å². The van der Waals surface area contributed by atoms with E-state index >= 15 is 0 Å². The standard InChI is InChI=1S/C13H14ClN3O5/c1-8-4-2-3-5-15(8)12-10(16(19)20)6-9(13(14)18)7-11(12)17(21)22/h6-8H,2-5H2,1H3/t8-/m0/s1. The number of piperidine rings is 1. The van der Waals surface area contributed by atoms with Gasteiger partial charge in [0.1, 0.15) is 0 Å². The third kappa shape index (κ3) is 3.01. The first-order valence-electron chi connectivity index (χ1n) is 6.76. The summed E-state index contributed by atoms with van der Waals surface area (Å²) in [7, 11) is 0. The summed E-state index contributed by atoms with van der Waals surface area (Å²) in [6.07, 6.45) is 2.57. The van der Waals surface area contributed by atoms with Crippen LogP contribution in [0.2, 0.25) is 0 Å². The van der Waals surface area contributed by atoms with Crippen molar-refractivity contribution in [3.8, 4) is 0 Å². The van der Waals surface area contributed by atoms with E-state index in [2.05, 4.69) is 0 Å². The highest BCUT2D eigenvalue weighted by Gasteiger charge is 2.34. The molecule has 1 heterocycles. The maximum absolute atomic E-state index is 11.3. The fourth-order valence-corrected chi connectivity index (χ4v) is 2.83. The lowest BCUT2D eigenvalue weighted by atomic mass is 10.0. The van der Waals surface area contributed by atoms with Crippen LogP contribution in [0.3, 0.4) is 0 Å². The maximum Gasteiger partial charge on any atom is 0.300 e. The molecule has 0 radical (unpaired) electrons. The average molecular weight is 328 g/mol. The molecule has 0 bridgehead atoms. The zero-order chi connectivity index (χ0) is 16.4. The molecule has 1 atom stereocenters. The van der Waals surface area contributed by atoms with Gasteiger partial charge in [-0.05, 0) is 37.8 Å². The first-order valence-corrected chi connectivity index (χ1v) is 7.14. The Kier molecular flexibility index (Phi) is 4.60. The van der Waals surface area contributed by atoms with Gasteiger partial charge in [0.2, 0.25) is 0 Å². The van der Waals surface area contributed by atoms with Crippen LogP contribution in [0.1, 0.15) is 36.5 Å². The van der Waals surface area contributed by atoms with Crippen molar-refractivity contribution in [1.82, 2.24) is 0 Å². The summed E-state index contributed by atoms with van der Waals surface area (Å²) >= 11 is 5.33. The zero-order valence-electron chi connectivity index (χ0n) is 11.8. The topological polar surface area (TPSA) is 107 Å². The molecule has 0 aliphatic carbocycles. The molecule has 2 rings (SSSR count). The number of hydrogen-bond donors (Lipinski definition) is 0. The Morgan fingerprint density at radius 2 is 1.77 bits per heavy atom. The van der Waals surface area contributed by atoms with E-state index in [9.17, 15) is 25.0 Å². The molecule has 0 amide bonds. The minimum atomic E-state index is -0.968. The number of anilines is 1. The van der Waals surface area contributed by atoms with Gasteiger partial charge in [0, 0.05) is 30.3 Å². The van der Waals surface area contributed by atoms with Crippen LogP contribution in [0.4, 0.5) is 17.1 Å². The molecule has 1 aromatic carbocycles. The van der Waals surface area contributed by atoms with Gasteiger partial charge in [-0.25, -0.2) is 0 Å². The smallest absolute Gasteiger partial charge is 0.300 e. The van der Waals surface area contributed by atoms with Gasteiger partial charge in [-0.3, -0.25) is 25.0 Å². The molecule has 1 aromatic rings. The van der Waals surface area contributed by atoms with Gasteiger partial charge in [0.25, 0.3) is 16.6 Å². The Hall–Kier alpha value is -2.22. The lowest BCUT2D eigenvalue weighted by Gasteiger charge is -2.34. The number of benzene rings is 1. The van der Waals surface area contributed by atoms with Crippen LogP contribution in [0.25, 0.3) is 0 Å². The molecule has 0 saturated carbocycles. The molecule has 118 valence electrons. The Balaban J connectivity index is 2.70. The molecule has 1 aliphatic heterocycles. The molecule has 0 N–H and O–H groups in total. The van der Waals surface area contributed by atoms with E-state index in [1.807, 2.05) is 6.92 Å². The number of carbonyl (C=O) groups is 1. The Bertz CT molecular complexity index is 614. The van der Waals surface area contributed by atoms with E-state index in [1.54, 1.807) is 4.90 Å². The quantitative estimate of drug-likeness (QED) is 0.477. The van der Waals surface area contributed by atoms with Crippen LogP contribution in [0.15, 0.2) is 12.1 Å². The highest BCUT2D eigenvalue weighted by molar-refractivity contribution is 6.67. The third-order valence-electron chi connectivity index (χ3n) is 3.78. The summed E-state index contributed by atoms with van der Waals surface area (Å²) < 4.78 is 0. The van der Waals surface area contributed by atoms with E-state index < -0.39 is 26.5 Å².